The van der Waals surface area contributed by atoms with Crippen LogP contribution in [0.1, 0.15) is 0 Å². The number of furan rings is 1. The van der Waals surface area contributed by atoms with Crippen molar-refractivity contribution in [1.29, 1.82) is 0 Å². The summed E-state index contributed by atoms with van der Waals surface area (Å²) in [4.78, 5) is 26.5. The van der Waals surface area contributed by atoms with Crippen LogP contribution in [0.2, 0.25) is 0 Å². The Morgan fingerprint density at radius 1 is 1.05 bits per heavy atom. The normalized spacial score (nSPS) is 14.7. The SMILES string of the molecule is Nc1nc2c(sc(=O)n2CCN2CCN(c3ccc(OCCO)cc3)CC2)c2nc(-c3ccco3)nn12. The lowest BCUT2D eigenvalue weighted by atomic mass is 10.2. The number of piperazine rings is 1. The molecule has 5 aromatic rings. The van der Waals surface area contributed by atoms with E-state index >= 15 is 0 Å². The molecule has 0 atom stereocenters. The fourth-order valence-electron chi connectivity index (χ4n) is 4.52. The lowest BCUT2D eigenvalue weighted by Gasteiger charge is -2.36. The van der Waals surface area contributed by atoms with Gasteiger partial charge in [-0.3, -0.25) is 14.3 Å². The first-order chi connectivity index (χ1) is 18.1. The highest BCUT2D eigenvalue weighted by Gasteiger charge is 2.21. The van der Waals surface area contributed by atoms with Gasteiger partial charge in [-0.05, 0) is 36.4 Å². The summed E-state index contributed by atoms with van der Waals surface area (Å²) in [6.07, 6.45) is 1.55. The predicted molar refractivity (Wildman–Crippen MR) is 140 cm³/mol. The number of benzene rings is 1. The van der Waals surface area contributed by atoms with Gasteiger partial charge in [-0.15, -0.1) is 5.10 Å². The van der Waals surface area contributed by atoms with E-state index in [1.165, 1.54) is 4.52 Å². The van der Waals surface area contributed by atoms with E-state index in [1.54, 1.807) is 23.0 Å². The summed E-state index contributed by atoms with van der Waals surface area (Å²) >= 11 is 1.10. The molecule has 1 fully saturated rings. The minimum Gasteiger partial charge on any atom is -0.491 e. The fraction of sp³-hybridized carbons (Fsp3) is 0.333. The molecule has 12 nitrogen and oxygen atoms in total. The van der Waals surface area contributed by atoms with Crippen LogP contribution < -0.4 is 20.2 Å². The molecule has 5 heterocycles. The number of hydrogen-bond acceptors (Lipinski definition) is 11. The van der Waals surface area contributed by atoms with Gasteiger partial charge in [0, 0.05) is 45.0 Å². The van der Waals surface area contributed by atoms with E-state index in [1.807, 2.05) is 24.3 Å². The van der Waals surface area contributed by atoms with E-state index in [0.717, 1.165) is 55.5 Å². The van der Waals surface area contributed by atoms with E-state index in [-0.39, 0.29) is 17.4 Å². The van der Waals surface area contributed by atoms with Crippen molar-refractivity contribution >= 4 is 39.0 Å². The number of hydrogen-bond donors (Lipinski definition) is 2. The largest absolute Gasteiger partial charge is 0.491 e. The summed E-state index contributed by atoms with van der Waals surface area (Å²) < 4.78 is 14.6. The number of thiazole rings is 1. The minimum atomic E-state index is -0.0975. The number of nitrogens with two attached hydrogens (primary N) is 1. The summed E-state index contributed by atoms with van der Waals surface area (Å²) in [7, 11) is 0. The molecule has 1 saturated heterocycles. The molecule has 6 rings (SSSR count). The molecule has 192 valence electrons. The van der Waals surface area contributed by atoms with Gasteiger partial charge in [0.2, 0.25) is 11.8 Å². The Morgan fingerprint density at radius 2 is 1.86 bits per heavy atom. The molecule has 0 saturated carbocycles. The number of rotatable bonds is 8. The molecule has 4 aromatic heterocycles. The maximum Gasteiger partial charge on any atom is 0.309 e. The Morgan fingerprint density at radius 3 is 2.59 bits per heavy atom. The van der Waals surface area contributed by atoms with E-state index in [4.69, 9.17) is 20.0 Å². The highest BCUT2D eigenvalue weighted by Crippen LogP contribution is 2.26. The van der Waals surface area contributed by atoms with Crippen LogP contribution in [-0.2, 0) is 6.54 Å². The van der Waals surface area contributed by atoms with Gasteiger partial charge in [-0.25, -0.2) is 4.98 Å². The van der Waals surface area contributed by atoms with Crippen LogP contribution in [0.4, 0.5) is 11.6 Å². The number of aliphatic hydroxyl groups is 1. The van der Waals surface area contributed by atoms with Crippen molar-refractivity contribution in [3.8, 4) is 17.3 Å². The van der Waals surface area contributed by atoms with E-state index in [2.05, 4.69) is 24.9 Å². The van der Waals surface area contributed by atoms with Crippen molar-refractivity contribution in [2.45, 2.75) is 6.54 Å². The topological polar surface area (TPSA) is 140 Å². The first kappa shape index (κ1) is 23.5. The van der Waals surface area contributed by atoms with Crippen LogP contribution in [0.5, 0.6) is 5.75 Å². The Hall–Kier alpha value is -3.94. The Bertz CT molecular complexity index is 1570. The number of aromatic nitrogens is 5. The average Bonchev–Trinajstić information content (AvgIpc) is 3.66. The van der Waals surface area contributed by atoms with Gasteiger partial charge < -0.3 is 24.9 Å². The van der Waals surface area contributed by atoms with Gasteiger partial charge in [-0.1, -0.05) is 11.3 Å². The maximum atomic E-state index is 12.9. The molecular formula is C24H26N8O4S. The van der Waals surface area contributed by atoms with Gasteiger partial charge in [0.1, 0.15) is 17.1 Å². The molecule has 1 aliphatic heterocycles. The summed E-state index contributed by atoms with van der Waals surface area (Å²) in [6, 6.07) is 11.5. The molecule has 37 heavy (non-hydrogen) atoms. The highest BCUT2D eigenvalue weighted by molar-refractivity contribution is 7.17. The average molecular weight is 523 g/mol. The second-order valence-electron chi connectivity index (χ2n) is 8.69. The second kappa shape index (κ2) is 9.84. The van der Waals surface area contributed by atoms with Crippen molar-refractivity contribution in [2.75, 3.05) is 56.6 Å². The monoisotopic (exact) mass is 522 g/mol. The first-order valence-electron chi connectivity index (χ1n) is 12.0. The van der Waals surface area contributed by atoms with Gasteiger partial charge in [0.15, 0.2) is 17.1 Å². The summed E-state index contributed by atoms with van der Waals surface area (Å²) in [5.74, 6) is 1.83. The van der Waals surface area contributed by atoms with E-state index in [9.17, 15) is 4.79 Å². The third kappa shape index (κ3) is 4.52. The van der Waals surface area contributed by atoms with E-state index < -0.39 is 0 Å². The van der Waals surface area contributed by atoms with Crippen LogP contribution in [0.3, 0.4) is 0 Å². The van der Waals surface area contributed by atoms with Crippen molar-refractivity contribution in [3.05, 3.63) is 52.3 Å². The number of anilines is 2. The van der Waals surface area contributed by atoms with Crippen molar-refractivity contribution < 1.29 is 14.3 Å². The third-order valence-corrected chi connectivity index (χ3v) is 7.40. The number of aliphatic hydroxyl groups excluding tert-OH is 1. The third-order valence-electron chi connectivity index (χ3n) is 6.43. The Labute approximate surface area is 215 Å². The quantitative estimate of drug-likeness (QED) is 0.308. The Balaban J connectivity index is 1.14. The lowest BCUT2D eigenvalue weighted by Crippen LogP contribution is -2.47. The fourth-order valence-corrected chi connectivity index (χ4v) is 5.46. The molecule has 3 N–H and O–H groups in total. The van der Waals surface area contributed by atoms with Gasteiger partial charge in [0.05, 0.1) is 12.9 Å². The minimum absolute atomic E-state index is 0.00190. The molecule has 0 radical (unpaired) electrons. The van der Waals surface area contributed by atoms with Crippen molar-refractivity contribution in [2.24, 2.45) is 0 Å². The maximum absolute atomic E-state index is 12.9. The summed E-state index contributed by atoms with van der Waals surface area (Å²) in [5.41, 5.74) is 8.35. The molecule has 1 aliphatic rings. The molecule has 0 aliphatic carbocycles. The molecular weight excluding hydrogens is 496 g/mol. The number of ether oxygens (including phenoxy) is 1. The van der Waals surface area contributed by atoms with Crippen LogP contribution in [-0.4, -0.2) is 80.1 Å². The van der Waals surface area contributed by atoms with E-state index in [0.29, 0.717) is 40.7 Å². The smallest absolute Gasteiger partial charge is 0.309 e. The molecule has 0 spiro atoms. The number of nitrogen functional groups attached to an aromatic ring is 1. The van der Waals surface area contributed by atoms with Crippen LogP contribution in [0.15, 0.2) is 51.9 Å². The molecule has 0 bridgehead atoms. The zero-order valence-corrected chi connectivity index (χ0v) is 20.8. The number of fused-ring (bicyclic) bond motifs is 3. The predicted octanol–water partition coefficient (Wildman–Crippen LogP) is 1.54. The summed E-state index contributed by atoms with van der Waals surface area (Å²) in [5, 5.41) is 13.3. The van der Waals surface area contributed by atoms with Gasteiger partial charge >= 0.3 is 4.87 Å². The highest BCUT2D eigenvalue weighted by atomic mass is 32.1. The lowest BCUT2D eigenvalue weighted by molar-refractivity contribution is 0.201. The molecule has 1 aromatic carbocycles. The van der Waals surface area contributed by atoms with Crippen molar-refractivity contribution in [3.63, 3.8) is 0 Å². The second-order valence-corrected chi connectivity index (χ2v) is 9.65. The van der Waals surface area contributed by atoms with Crippen LogP contribution in [0, 0.1) is 0 Å². The van der Waals surface area contributed by atoms with Gasteiger partial charge in [-0.2, -0.15) is 9.50 Å². The number of nitrogens with zero attached hydrogens (tertiary/aromatic N) is 7. The molecule has 0 unspecified atom stereocenters. The van der Waals surface area contributed by atoms with Crippen molar-refractivity contribution in [1.82, 2.24) is 29.0 Å². The summed E-state index contributed by atoms with van der Waals surface area (Å²) in [6.45, 7) is 5.07. The Kier molecular flexibility index (Phi) is 6.24. The van der Waals surface area contributed by atoms with Crippen LogP contribution in [0.25, 0.3) is 27.6 Å². The zero-order chi connectivity index (χ0) is 25.4. The molecule has 0 amide bonds. The van der Waals surface area contributed by atoms with Crippen LogP contribution >= 0.6 is 11.3 Å². The standard InChI is InChI=1S/C24H26N8O4S/c25-23-27-21-19(22-26-20(28-32(22)23)18-2-1-14-36-18)37-24(34)31(21)12-9-29-7-10-30(11-8-29)16-3-5-17(6-4-16)35-15-13-33/h1-6,14,33H,7-13,15H2,(H2,25,27). The van der Waals surface area contributed by atoms with Gasteiger partial charge in [0.25, 0.3) is 0 Å². The first-order valence-corrected chi connectivity index (χ1v) is 12.8. The molecule has 13 heteroatoms. The zero-order valence-electron chi connectivity index (χ0n) is 20.0.